The summed E-state index contributed by atoms with van der Waals surface area (Å²) in [4.78, 5) is 4.84. The maximum absolute atomic E-state index is 10.6. The summed E-state index contributed by atoms with van der Waals surface area (Å²) in [5.74, 6) is 0. The van der Waals surface area contributed by atoms with Crippen LogP contribution in [0.4, 0.5) is 5.69 Å². The predicted octanol–water partition coefficient (Wildman–Crippen LogP) is 2.49. The monoisotopic (exact) mass is 317 g/mol. The summed E-state index contributed by atoms with van der Waals surface area (Å²) < 4.78 is 0. The minimum Gasteiger partial charge on any atom is -0.388 e. The zero-order valence-corrected chi connectivity index (χ0v) is 14.6. The number of nitrogens with zero attached hydrogens (tertiary/aromatic N) is 2. The molecule has 0 amide bonds. The topological polar surface area (TPSA) is 38.7 Å². The summed E-state index contributed by atoms with van der Waals surface area (Å²) in [6.45, 7) is 4.41. The minimum absolute atomic E-state index is 0.351. The van der Waals surface area contributed by atoms with Crippen LogP contribution in [0.3, 0.4) is 0 Å². The van der Waals surface area contributed by atoms with E-state index in [1.807, 2.05) is 0 Å². The fraction of sp³-hybridized carbons (Fsp3) is 0.684. The molecule has 128 valence electrons. The number of aliphatic hydroxyl groups is 1. The summed E-state index contributed by atoms with van der Waals surface area (Å²) in [7, 11) is 4.41. The van der Waals surface area contributed by atoms with Crippen LogP contribution in [-0.4, -0.2) is 61.2 Å². The van der Waals surface area contributed by atoms with Crippen LogP contribution < -0.4 is 5.32 Å². The maximum atomic E-state index is 10.6. The van der Waals surface area contributed by atoms with Crippen molar-refractivity contribution in [2.45, 2.75) is 44.2 Å². The van der Waals surface area contributed by atoms with Gasteiger partial charge < -0.3 is 20.2 Å². The van der Waals surface area contributed by atoms with Gasteiger partial charge in [0.25, 0.3) is 0 Å². The zero-order chi connectivity index (χ0) is 16.2. The smallest absolute Gasteiger partial charge is 0.0802 e. The van der Waals surface area contributed by atoms with E-state index in [4.69, 9.17) is 0 Å². The quantitative estimate of drug-likeness (QED) is 0.875. The van der Waals surface area contributed by atoms with Crippen LogP contribution in [0.15, 0.2) is 18.2 Å². The normalized spacial score (nSPS) is 21.0. The van der Waals surface area contributed by atoms with Crippen molar-refractivity contribution >= 4 is 5.69 Å². The number of aryl methyl sites for hydroxylation is 1. The molecule has 1 aromatic carbocycles. The largest absolute Gasteiger partial charge is 0.388 e. The molecule has 4 nitrogen and oxygen atoms in total. The van der Waals surface area contributed by atoms with Crippen molar-refractivity contribution in [1.29, 1.82) is 0 Å². The second-order valence-corrected chi connectivity index (χ2v) is 7.27. The molecule has 2 N–H and O–H groups in total. The minimum atomic E-state index is -0.351. The summed E-state index contributed by atoms with van der Waals surface area (Å²) in [5, 5.41) is 14.0. The van der Waals surface area contributed by atoms with Crippen LogP contribution in [0.25, 0.3) is 0 Å². The molecular formula is C19H31N3O. The van der Waals surface area contributed by atoms with Gasteiger partial charge in [-0.2, -0.15) is 0 Å². The highest BCUT2D eigenvalue weighted by molar-refractivity contribution is 5.54. The van der Waals surface area contributed by atoms with E-state index in [9.17, 15) is 5.11 Å². The van der Waals surface area contributed by atoms with Crippen molar-refractivity contribution in [1.82, 2.24) is 9.80 Å². The number of hydrogen-bond acceptors (Lipinski definition) is 4. The Kier molecular flexibility index (Phi) is 5.57. The molecule has 0 aliphatic carbocycles. The van der Waals surface area contributed by atoms with E-state index < -0.39 is 0 Å². The Balaban J connectivity index is 1.51. The summed E-state index contributed by atoms with van der Waals surface area (Å²) in [6.07, 6.45) is 5.26. The average Bonchev–Trinajstić information content (AvgIpc) is 2.59. The fourth-order valence-corrected chi connectivity index (χ4v) is 3.81. The Hall–Kier alpha value is -1.10. The first-order chi connectivity index (χ1) is 11.1. The Labute approximate surface area is 140 Å². The van der Waals surface area contributed by atoms with Gasteiger partial charge in [-0.3, -0.25) is 0 Å². The van der Waals surface area contributed by atoms with Gasteiger partial charge in [0.05, 0.1) is 6.10 Å². The molecule has 1 aromatic rings. The number of rotatable bonds is 5. The number of nitrogens with one attached hydrogen (secondary N) is 1. The third kappa shape index (κ3) is 4.25. The van der Waals surface area contributed by atoms with Crippen LogP contribution in [0, 0.1) is 0 Å². The average molecular weight is 317 g/mol. The van der Waals surface area contributed by atoms with E-state index >= 15 is 0 Å². The molecule has 0 aromatic heterocycles. The number of piperidine rings is 1. The summed E-state index contributed by atoms with van der Waals surface area (Å²) in [5.41, 5.74) is 3.68. The van der Waals surface area contributed by atoms with E-state index in [-0.39, 0.29) is 6.10 Å². The van der Waals surface area contributed by atoms with Gasteiger partial charge in [-0.15, -0.1) is 0 Å². The fourth-order valence-electron chi connectivity index (χ4n) is 3.81. The molecule has 1 saturated heterocycles. The molecule has 0 bridgehead atoms. The number of aliphatic hydroxyl groups excluding tert-OH is 1. The lowest BCUT2D eigenvalue weighted by Gasteiger charge is -2.35. The second-order valence-electron chi connectivity index (χ2n) is 7.27. The van der Waals surface area contributed by atoms with Crippen LogP contribution in [-0.2, 0) is 6.42 Å². The molecule has 0 radical (unpaired) electrons. The van der Waals surface area contributed by atoms with E-state index in [0.29, 0.717) is 6.04 Å². The van der Waals surface area contributed by atoms with Gasteiger partial charge in [-0.05, 0) is 76.5 Å². The van der Waals surface area contributed by atoms with Crippen molar-refractivity contribution in [3.63, 3.8) is 0 Å². The van der Waals surface area contributed by atoms with Crippen molar-refractivity contribution in [2.75, 3.05) is 45.6 Å². The Bertz CT molecular complexity index is 511. The Morgan fingerprint density at radius 3 is 2.91 bits per heavy atom. The van der Waals surface area contributed by atoms with Crippen LogP contribution in [0.2, 0.25) is 0 Å². The van der Waals surface area contributed by atoms with E-state index in [1.165, 1.54) is 43.6 Å². The Morgan fingerprint density at radius 1 is 1.35 bits per heavy atom. The molecular weight excluding hydrogens is 286 g/mol. The molecule has 0 saturated carbocycles. The molecule has 1 unspecified atom stereocenters. The highest BCUT2D eigenvalue weighted by Gasteiger charge is 2.21. The first-order valence-electron chi connectivity index (χ1n) is 9.07. The molecule has 4 heteroatoms. The highest BCUT2D eigenvalue weighted by Crippen LogP contribution is 2.27. The van der Waals surface area contributed by atoms with Crippen molar-refractivity contribution in [3.05, 3.63) is 29.3 Å². The highest BCUT2D eigenvalue weighted by atomic mass is 16.3. The number of fused-ring (bicyclic) bond motifs is 1. The molecule has 2 aliphatic heterocycles. The van der Waals surface area contributed by atoms with Crippen LogP contribution >= 0.6 is 0 Å². The number of likely N-dealkylation sites (tertiary alicyclic amines) is 1. The lowest BCUT2D eigenvalue weighted by molar-refractivity contribution is 0.110. The standard InChI is InChI=1S/C19H31N3O/c1-21-11-7-17(8-12-21)22(2)13-9-19(23)16-5-6-18-15(14-16)4-3-10-20-18/h5-6,14,17,19-20,23H,3-4,7-13H2,1-2H3. The van der Waals surface area contributed by atoms with E-state index in [1.54, 1.807) is 0 Å². The van der Waals surface area contributed by atoms with Gasteiger partial charge in [0, 0.05) is 24.8 Å². The number of anilines is 1. The lowest BCUT2D eigenvalue weighted by Crippen LogP contribution is -2.42. The van der Waals surface area contributed by atoms with E-state index in [2.05, 4.69) is 47.4 Å². The van der Waals surface area contributed by atoms with Crippen molar-refractivity contribution in [3.8, 4) is 0 Å². The van der Waals surface area contributed by atoms with Crippen LogP contribution in [0.1, 0.15) is 42.9 Å². The Morgan fingerprint density at radius 2 is 2.13 bits per heavy atom. The predicted molar refractivity (Wildman–Crippen MR) is 96.0 cm³/mol. The molecule has 2 heterocycles. The van der Waals surface area contributed by atoms with Crippen molar-refractivity contribution < 1.29 is 5.11 Å². The summed E-state index contributed by atoms with van der Waals surface area (Å²) >= 11 is 0. The summed E-state index contributed by atoms with van der Waals surface area (Å²) in [6, 6.07) is 7.08. The molecule has 3 rings (SSSR count). The van der Waals surface area contributed by atoms with Gasteiger partial charge >= 0.3 is 0 Å². The third-order valence-corrected chi connectivity index (χ3v) is 5.52. The SMILES string of the molecule is CN1CCC(N(C)CCC(O)c2ccc3c(c2)CCCN3)CC1. The van der Waals surface area contributed by atoms with Gasteiger partial charge in [0.1, 0.15) is 0 Å². The van der Waals surface area contributed by atoms with Gasteiger partial charge in [-0.25, -0.2) is 0 Å². The zero-order valence-electron chi connectivity index (χ0n) is 14.6. The second kappa shape index (κ2) is 7.65. The maximum Gasteiger partial charge on any atom is 0.0802 e. The van der Waals surface area contributed by atoms with Gasteiger partial charge in [0.2, 0.25) is 0 Å². The van der Waals surface area contributed by atoms with Crippen LogP contribution in [0.5, 0.6) is 0 Å². The van der Waals surface area contributed by atoms with Gasteiger partial charge in [0.15, 0.2) is 0 Å². The third-order valence-electron chi connectivity index (χ3n) is 5.52. The molecule has 2 aliphatic rings. The lowest BCUT2D eigenvalue weighted by atomic mass is 9.97. The number of hydrogen-bond donors (Lipinski definition) is 2. The van der Waals surface area contributed by atoms with Gasteiger partial charge in [-0.1, -0.05) is 12.1 Å². The first-order valence-corrected chi connectivity index (χ1v) is 9.07. The molecule has 1 fully saturated rings. The first kappa shape index (κ1) is 16.7. The molecule has 0 spiro atoms. The van der Waals surface area contributed by atoms with E-state index in [0.717, 1.165) is 31.5 Å². The molecule has 1 atom stereocenters. The molecule has 23 heavy (non-hydrogen) atoms. The van der Waals surface area contributed by atoms with Crippen molar-refractivity contribution in [2.24, 2.45) is 0 Å². The number of benzene rings is 1.